The minimum absolute atomic E-state index is 0.166. The van der Waals surface area contributed by atoms with Crippen molar-refractivity contribution >= 4 is 15.9 Å². The summed E-state index contributed by atoms with van der Waals surface area (Å²) < 4.78 is 34.4. The quantitative estimate of drug-likeness (QED) is 0.580. The van der Waals surface area contributed by atoms with Gasteiger partial charge in [0.15, 0.2) is 0 Å². The van der Waals surface area contributed by atoms with E-state index in [2.05, 4.69) is 0 Å². The number of carbonyl (C=O) groups is 1. The van der Waals surface area contributed by atoms with Crippen molar-refractivity contribution in [2.75, 3.05) is 13.1 Å². The van der Waals surface area contributed by atoms with E-state index in [0.29, 0.717) is 13.2 Å². The van der Waals surface area contributed by atoms with Crippen LogP contribution in [0.4, 0.5) is 0 Å². The van der Waals surface area contributed by atoms with Crippen LogP contribution in [0.5, 0.6) is 0 Å². The summed E-state index contributed by atoms with van der Waals surface area (Å²) in [5.74, 6) is -0.204. The summed E-state index contributed by atoms with van der Waals surface area (Å²) in [6.45, 7) is 2.77. The number of amides is 1. The zero-order valence-electron chi connectivity index (χ0n) is 18.4. The maximum absolute atomic E-state index is 13.4. The van der Waals surface area contributed by atoms with Crippen LogP contribution in [0, 0.1) is 6.92 Å². The van der Waals surface area contributed by atoms with Crippen molar-refractivity contribution in [3.63, 3.8) is 0 Å². The van der Waals surface area contributed by atoms with Gasteiger partial charge in [-0.2, -0.15) is 4.31 Å². The number of piperazine rings is 1. The standard InChI is InChI=1S/C26H26N2O4S/c1-19-11-13-22(14-12-19)33(30,31)27-16-24-26(32-18-20-7-3-2-4-8-20)23-10-6-5-9-21(23)15-28(24)25(29)17-27/h2-14,24,26H,15-18H2,1H3/t24-,26+/m0/s1. The molecule has 2 aliphatic rings. The molecule has 0 aromatic heterocycles. The minimum atomic E-state index is -3.80. The Balaban J connectivity index is 1.47. The average molecular weight is 463 g/mol. The first-order valence-corrected chi connectivity index (χ1v) is 12.5. The molecule has 0 aliphatic carbocycles. The molecule has 0 bridgehead atoms. The fraction of sp³-hybridized carbons (Fsp3) is 0.269. The Kier molecular flexibility index (Phi) is 5.78. The summed E-state index contributed by atoms with van der Waals surface area (Å²) in [5, 5.41) is 0. The fourth-order valence-corrected chi connectivity index (χ4v) is 6.02. The molecule has 7 heteroatoms. The van der Waals surface area contributed by atoms with Gasteiger partial charge in [-0.1, -0.05) is 72.3 Å². The molecule has 5 rings (SSSR count). The van der Waals surface area contributed by atoms with E-state index in [9.17, 15) is 13.2 Å². The molecule has 0 spiro atoms. The van der Waals surface area contributed by atoms with E-state index in [4.69, 9.17) is 4.74 Å². The van der Waals surface area contributed by atoms with Crippen LogP contribution in [-0.2, 0) is 32.7 Å². The molecule has 33 heavy (non-hydrogen) atoms. The number of hydrogen-bond donors (Lipinski definition) is 0. The van der Waals surface area contributed by atoms with Crippen LogP contribution in [-0.4, -0.2) is 42.7 Å². The number of benzene rings is 3. The van der Waals surface area contributed by atoms with Crippen LogP contribution in [0.1, 0.15) is 28.4 Å². The number of hydrogen-bond acceptors (Lipinski definition) is 4. The molecule has 6 nitrogen and oxygen atoms in total. The molecular weight excluding hydrogens is 436 g/mol. The number of ether oxygens (including phenoxy) is 1. The number of fused-ring (bicyclic) bond motifs is 2. The van der Waals surface area contributed by atoms with Crippen molar-refractivity contribution in [3.8, 4) is 0 Å². The highest BCUT2D eigenvalue weighted by Crippen LogP contribution is 2.38. The molecule has 170 valence electrons. The van der Waals surface area contributed by atoms with Gasteiger partial charge in [-0.3, -0.25) is 4.79 Å². The summed E-state index contributed by atoms with van der Waals surface area (Å²) in [6.07, 6.45) is -0.421. The van der Waals surface area contributed by atoms with Gasteiger partial charge in [-0.25, -0.2) is 8.42 Å². The molecular formula is C26H26N2O4S. The lowest BCUT2D eigenvalue weighted by atomic mass is 9.89. The van der Waals surface area contributed by atoms with Crippen LogP contribution >= 0.6 is 0 Å². The molecule has 0 N–H and O–H groups in total. The van der Waals surface area contributed by atoms with Gasteiger partial charge in [0.1, 0.15) is 6.10 Å². The average Bonchev–Trinajstić information content (AvgIpc) is 2.83. The molecule has 0 unspecified atom stereocenters. The monoisotopic (exact) mass is 462 g/mol. The number of sulfonamides is 1. The highest BCUT2D eigenvalue weighted by molar-refractivity contribution is 7.89. The number of nitrogens with zero attached hydrogens (tertiary/aromatic N) is 2. The highest BCUT2D eigenvalue weighted by Gasteiger charge is 2.45. The minimum Gasteiger partial charge on any atom is -0.367 e. The van der Waals surface area contributed by atoms with Crippen LogP contribution in [0.25, 0.3) is 0 Å². The lowest BCUT2D eigenvalue weighted by Crippen LogP contribution is -2.60. The molecule has 0 radical (unpaired) electrons. The Bertz CT molecular complexity index is 1260. The lowest BCUT2D eigenvalue weighted by molar-refractivity contribution is -0.146. The van der Waals surface area contributed by atoms with E-state index >= 15 is 0 Å². The molecule has 2 atom stereocenters. The molecule has 2 aliphatic heterocycles. The van der Waals surface area contributed by atoms with Gasteiger partial charge in [0.25, 0.3) is 0 Å². The zero-order chi connectivity index (χ0) is 23.0. The van der Waals surface area contributed by atoms with Gasteiger partial charge in [0.2, 0.25) is 15.9 Å². The molecule has 1 amide bonds. The van der Waals surface area contributed by atoms with Gasteiger partial charge in [0, 0.05) is 13.1 Å². The predicted molar refractivity (Wildman–Crippen MR) is 125 cm³/mol. The van der Waals surface area contributed by atoms with E-state index in [-0.39, 0.29) is 23.9 Å². The Morgan fingerprint density at radius 1 is 0.909 bits per heavy atom. The normalized spacial score (nSPS) is 20.9. The van der Waals surface area contributed by atoms with Gasteiger partial charge >= 0.3 is 0 Å². The third-order valence-electron chi connectivity index (χ3n) is 6.41. The van der Waals surface area contributed by atoms with E-state index in [1.807, 2.05) is 61.5 Å². The van der Waals surface area contributed by atoms with Crippen molar-refractivity contribution in [1.82, 2.24) is 9.21 Å². The Morgan fingerprint density at radius 2 is 1.61 bits per heavy atom. The first-order chi connectivity index (χ1) is 15.9. The summed E-state index contributed by atoms with van der Waals surface area (Å²) in [4.78, 5) is 15.1. The molecule has 3 aromatic rings. The first-order valence-electron chi connectivity index (χ1n) is 11.0. The van der Waals surface area contributed by atoms with E-state index in [1.165, 1.54) is 4.31 Å². The third kappa shape index (κ3) is 4.19. The smallest absolute Gasteiger partial charge is 0.243 e. The first kappa shape index (κ1) is 21.8. The molecule has 3 aromatic carbocycles. The van der Waals surface area contributed by atoms with Crippen LogP contribution in [0.2, 0.25) is 0 Å². The van der Waals surface area contributed by atoms with Crippen molar-refractivity contribution in [2.24, 2.45) is 0 Å². The summed E-state index contributed by atoms with van der Waals surface area (Å²) in [5.41, 5.74) is 4.05. The third-order valence-corrected chi connectivity index (χ3v) is 8.23. The highest BCUT2D eigenvalue weighted by atomic mass is 32.2. The Morgan fingerprint density at radius 3 is 2.36 bits per heavy atom. The number of carbonyl (C=O) groups excluding carboxylic acids is 1. The van der Waals surface area contributed by atoms with Gasteiger partial charge < -0.3 is 9.64 Å². The van der Waals surface area contributed by atoms with E-state index in [1.54, 1.807) is 29.2 Å². The van der Waals surface area contributed by atoms with Crippen LogP contribution in [0.3, 0.4) is 0 Å². The Hall–Kier alpha value is -3.00. The number of aryl methyl sites for hydroxylation is 1. The largest absolute Gasteiger partial charge is 0.367 e. The summed E-state index contributed by atoms with van der Waals surface area (Å²) in [6, 6.07) is 24.1. The van der Waals surface area contributed by atoms with Crippen molar-refractivity contribution in [1.29, 1.82) is 0 Å². The fourth-order valence-electron chi connectivity index (χ4n) is 4.61. The second kappa shape index (κ2) is 8.74. The van der Waals surface area contributed by atoms with E-state index < -0.39 is 22.2 Å². The van der Waals surface area contributed by atoms with Gasteiger partial charge in [-0.05, 0) is 35.7 Å². The molecule has 0 saturated carbocycles. The molecule has 1 fully saturated rings. The zero-order valence-corrected chi connectivity index (χ0v) is 19.2. The van der Waals surface area contributed by atoms with E-state index in [0.717, 1.165) is 22.3 Å². The van der Waals surface area contributed by atoms with Gasteiger partial charge in [0.05, 0.1) is 24.1 Å². The summed E-state index contributed by atoms with van der Waals surface area (Å²) in [7, 11) is -3.80. The predicted octanol–water partition coefficient (Wildman–Crippen LogP) is 3.67. The molecule has 2 heterocycles. The lowest BCUT2D eigenvalue weighted by Gasteiger charge is -2.47. The maximum Gasteiger partial charge on any atom is 0.243 e. The topological polar surface area (TPSA) is 66.9 Å². The number of rotatable bonds is 5. The van der Waals surface area contributed by atoms with Crippen LogP contribution in [0.15, 0.2) is 83.8 Å². The second-order valence-electron chi connectivity index (χ2n) is 8.62. The van der Waals surface area contributed by atoms with Crippen molar-refractivity contribution in [3.05, 3.63) is 101 Å². The molecule has 1 saturated heterocycles. The van der Waals surface area contributed by atoms with Crippen molar-refractivity contribution < 1.29 is 17.9 Å². The maximum atomic E-state index is 13.4. The van der Waals surface area contributed by atoms with Crippen LogP contribution < -0.4 is 0 Å². The van der Waals surface area contributed by atoms with Crippen molar-refractivity contribution in [2.45, 2.75) is 37.1 Å². The summed E-state index contributed by atoms with van der Waals surface area (Å²) >= 11 is 0. The van der Waals surface area contributed by atoms with Gasteiger partial charge in [-0.15, -0.1) is 0 Å². The SMILES string of the molecule is Cc1ccc(S(=O)(=O)N2CC(=O)N3Cc4ccccc4[C@@H](OCc4ccccc4)[C@@H]3C2)cc1. The second-order valence-corrected chi connectivity index (χ2v) is 10.6. The Labute approximate surface area is 194 Å².